The van der Waals surface area contributed by atoms with Crippen molar-refractivity contribution in [2.45, 2.75) is 30.3 Å². The van der Waals surface area contributed by atoms with Gasteiger partial charge in [-0.2, -0.15) is 39.5 Å². The van der Waals surface area contributed by atoms with Gasteiger partial charge in [-0.15, -0.1) is 5.10 Å². The van der Waals surface area contributed by atoms with Crippen molar-refractivity contribution in [1.29, 1.82) is 0 Å². The lowest BCUT2D eigenvalue weighted by Crippen LogP contribution is -2.32. The zero-order valence-corrected chi connectivity index (χ0v) is 19.3. The number of nitrogens with one attached hydrogen (secondary N) is 1. The number of sulfonamides is 1. The fraction of sp³-hybridized carbons (Fsp3) is 0.211. The van der Waals surface area contributed by atoms with E-state index in [4.69, 9.17) is 11.6 Å². The number of amides is 1. The molecule has 1 amide bonds. The van der Waals surface area contributed by atoms with Crippen LogP contribution < -0.4 is 4.72 Å². The summed E-state index contributed by atoms with van der Waals surface area (Å²) in [6, 6.07) is 1.92. The number of benzene rings is 2. The Balaban J connectivity index is 2.03. The highest BCUT2D eigenvalue weighted by atomic mass is 35.5. The van der Waals surface area contributed by atoms with E-state index >= 15 is 0 Å². The van der Waals surface area contributed by atoms with Crippen molar-refractivity contribution in [3.8, 4) is 5.69 Å². The smallest absolute Gasteiger partial charge is 0.266 e. The van der Waals surface area contributed by atoms with Crippen molar-refractivity contribution in [2.24, 2.45) is 0 Å². The first-order valence-corrected chi connectivity index (χ1v) is 11.2. The summed E-state index contributed by atoms with van der Waals surface area (Å²) < 4.78 is 145. The molecule has 0 bridgehead atoms. The zero-order valence-electron chi connectivity index (χ0n) is 17.7. The summed E-state index contributed by atoms with van der Waals surface area (Å²) >= 11 is 5.60. The lowest BCUT2D eigenvalue weighted by atomic mass is 10.1. The summed E-state index contributed by atoms with van der Waals surface area (Å²) in [6.07, 6.45) is -15.7. The van der Waals surface area contributed by atoms with E-state index in [9.17, 15) is 52.7 Å². The van der Waals surface area contributed by atoms with E-state index in [-0.39, 0.29) is 23.2 Å². The van der Waals surface area contributed by atoms with E-state index in [1.165, 1.54) is 4.72 Å². The second kappa shape index (κ2) is 9.20. The average Bonchev–Trinajstić information content (AvgIpc) is 3.12. The number of nitrogens with zero attached hydrogens (tertiary/aromatic N) is 3. The predicted molar refractivity (Wildman–Crippen MR) is 107 cm³/mol. The molecule has 0 aliphatic rings. The Labute approximate surface area is 205 Å². The first-order chi connectivity index (χ1) is 16.7. The number of hydrogen-bond acceptors (Lipinski definition) is 5. The van der Waals surface area contributed by atoms with Gasteiger partial charge in [0.1, 0.15) is 0 Å². The van der Waals surface area contributed by atoms with E-state index in [1.807, 2.05) is 0 Å². The van der Waals surface area contributed by atoms with Crippen LogP contribution in [0, 0.1) is 6.92 Å². The van der Waals surface area contributed by atoms with Crippen LogP contribution in [-0.4, -0.2) is 29.3 Å². The molecule has 0 spiro atoms. The molecule has 3 rings (SSSR count). The van der Waals surface area contributed by atoms with Gasteiger partial charge in [0.15, 0.2) is 5.69 Å². The fourth-order valence-electron chi connectivity index (χ4n) is 3.00. The number of rotatable bonds is 4. The normalized spacial score (nSPS) is 13.1. The minimum Gasteiger partial charge on any atom is -0.266 e. The van der Waals surface area contributed by atoms with Crippen molar-refractivity contribution in [2.75, 3.05) is 0 Å². The summed E-state index contributed by atoms with van der Waals surface area (Å²) in [6.45, 7) is 1.02. The monoisotopic (exact) mass is 580 g/mol. The molecule has 2 aromatic carbocycles. The molecular formula is C19H10ClF9N4O3S. The summed E-state index contributed by atoms with van der Waals surface area (Å²) in [5.74, 6) is -1.68. The predicted octanol–water partition coefficient (Wildman–Crippen LogP) is 5.40. The molecule has 0 aliphatic heterocycles. The first-order valence-electron chi connectivity index (χ1n) is 9.38. The highest BCUT2D eigenvalue weighted by molar-refractivity contribution is 7.90. The Hall–Kier alpha value is -3.34. The van der Waals surface area contributed by atoms with Gasteiger partial charge < -0.3 is 0 Å². The molecule has 0 saturated carbocycles. The first kappa shape index (κ1) is 28.2. The van der Waals surface area contributed by atoms with Gasteiger partial charge in [0.2, 0.25) is 0 Å². The molecule has 1 N–H and O–H groups in total. The van der Waals surface area contributed by atoms with Gasteiger partial charge in [0.25, 0.3) is 15.9 Å². The number of hydrogen-bond donors (Lipinski definition) is 1. The van der Waals surface area contributed by atoms with E-state index in [0.29, 0.717) is 10.7 Å². The average molecular weight is 581 g/mol. The highest BCUT2D eigenvalue weighted by Gasteiger charge is 2.39. The minimum atomic E-state index is -5.37. The largest absolute Gasteiger partial charge is 0.418 e. The van der Waals surface area contributed by atoms with Gasteiger partial charge in [0, 0.05) is 5.02 Å². The Bertz CT molecular complexity index is 1450. The number of alkyl halides is 9. The maximum Gasteiger partial charge on any atom is 0.418 e. The quantitative estimate of drug-likeness (QED) is 0.417. The van der Waals surface area contributed by atoms with Crippen LogP contribution in [0.15, 0.2) is 41.3 Å². The van der Waals surface area contributed by atoms with Gasteiger partial charge in [-0.25, -0.2) is 17.8 Å². The number of carbonyl (C=O) groups is 1. The van der Waals surface area contributed by atoms with Gasteiger partial charge in [0.05, 0.1) is 33.0 Å². The van der Waals surface area contributed by atoms with Crippen LogP contribution in [0.1, 0.15) is 32.9 Å². The number of aromatic nitrogens is 3. The van der Waals surface area contributed by atoms with Crippen LogP contribution in [0.2, 0.25) is 5.02 Å². The summed E-state index contributed by atoms with van der Waals surface area (Å²) in [4.78, 5) is 11.0. The lowest BCUT2D eigenvalue weighted by Gasteiger charge is -2.15. The van der Waals surface area contributed by atoms with E-state index in [0.717, 1.165) is 19.1 Å². The van der Waals surface area contributed by atoms with Crippen molar-refractivity contribution >= 4 is 27.5 Å². The zero-order chi connectivity index (χ0) is 28.1. The summed E-state index contributed by atoms with van der Waals surface area (Å²) in [5, 5.41) is 6.39. The van der Waals surface area contributed by atoms with Gasteiger partial charge in [-0.3, -0.25) is 4.79 Å². The molecule has 7 nitrogen and oxygen atoms in total. The van der Waals surface area contributed by atoms with Crippen LogP contribution >= 0.6 is 11.6 Å². The molecule has 0 radical (unpaired) electrons. The third-order valence-electron chi connectivity index (χ3n) is 4.70. The molecule has 0 saturated heterocycles. The molecule has 3 aromatic rings. The summed E-state index contributed by atoms with van der Waals surface area (Å²) in [5.41, 5.74) is -7.19. The SMILES string of the molecule is Cc1c(C(=O)NS(=O)(=O)c2cc(C(F)(F)F)cc(C(F)(F)F)c2)nnn1-c1ccc(Cl)cc1C(F)(F)F. The maximum absolute atomic E-state index is 13.4. The topological polar surface area (TPSA) is 93.9 Å². The molecule has 1 heterocycles. The van der Waals surface area contributed by atoms with Crippen LogP contribution in [0.5, 0.6) is 0 Å². The Morgan fingerprint density at radius 2 is 1.43 bits per heavy atom. The molecule has 0 aliphatic carbocycles. The van der Waals surface area contributed by atoms with Crippen LogP contribution in [0.25, 0.3) is 5.69 Å². The third kappa shape index (κ3) is 5.98. The second-order valence-electron chi connectivity index (χ2n) is 7.27. The molecule has 200 valence electrons. The molecule has 0 unspecified atom stereocenters. The standard InChI is InChI=1S/C19H10ClF9N4O3S/c1-8-15(30-32-33(8)14-3-2-11(20)7-13(14)19(27,28)29)16(34)31-37(35,36)12-5-9(17(21,22)23)4-10(6-12)18(24,25)26/h2-7H,1H3,(H,31,34). The molecule has 1 aromatic heterocycles. The van der Waals surface area contributed by atoms with Gasteiger partial charge in [-0.05, 0) is 43.3 Å². The minimum absolute atomic E-state index is 0.127. The highest BCUT2D eigenvalue weighted by Crippen LogP contribution is 2.38. The molecular weight excluding hydrogens is 571 g/mol. The summed E-state index contributed by atoms with van der Waals surface area (Å²) in [7, 11) is -5.36. The Morgan fingerprint density at radius 3 is 1.92 bits per heavy atom. The lowest BCUT2D eigenvalue weighted by molar-refractivity contribution is -0.143. The van der Waals surface area contributed by atoms with Crippen molar-refractivity contribution < 1.29 is 52.7 Å². The van der Waals surface area contributed by atoms with Gasteiger partial charge in [-0.1, -0.05) is 16.8 Å². The Kier molecular flexibility index (Phi) is 7.02. The maximum atomic E-state index is 13.4. The van der Waals surface area contributed by atoms with E-state index in [2.05, 4.69) is 10.3 Å². The second-order valence-corrected chi connectivity index (χ2v) is 9.39. The van der Waals surface area contributed by atoms with Crippen molar-refractivity contribution in [3.05, 3.63) is 69.5 Å². The molecule has 37 heavy (non-hydrogen) atoms. The van der Waals surface area contributed by atoms with Crippen molar-refractivity contribution in [1.82, 2.24) is 19.7 Å². The number of carbonyl (C=O) groups excluding carboxylic acids is 1. The fourth-order valence-corrected chi connectivity index (χ4v) is 4.19. The molecule has 0 atom stereocenters. The van der Waals surface area contributed by atoms with Crippen LogP contribution in [-0.2, 0) is 28.6 Å². The van der Waals surface area contributed by atoms with E-state index in [1.54, 1.807) is 0 Å². The van der Waals surface area contributed by atoms with Crippen LogP contribution in [0.3, 0.4) is 0 Å². The Morgan fingerprint density at radius 1 is 0.892 bits per heavy atom. The van der Waals surface area contributed by atoms with E-state index < -0.39 is 73.1 Å². The van der Waals surface area contributed by atoms with Crippen molar-refractivity contribution in [3.63, 3.8) is 0 Å². The number of halogens is 10. The third-order valence-corrected chi connectivity index (χ3v) is 6.25. The van der Waals surface area contributed by atoms with Gasteiger partial charge >= 0.3 is 18.5 Å². The van der Waals surface area contributed by atoms with Crippen LogP contribution in [0.4, 0.5) is 39.5 Å². The molecule has 18 heteroatoms. The molecule has 0 fully saturated rings.